The normalized spacial score (nSPS) is 15.5. The third-order valence-electron chi connectivity index (χ3n) is 5.35. The summed E-state index contributed by atoms with van der Waals surface area (Å²) in [7, 11) is 3.49. The van der Waals surface area contributed by atoms with Gasteiger partial charge in [0.25, 0.3) is 0 Å². The number of halogens is 1. The van der Waals surface area contributed by atoms with Crippen LogP contribution in [0.1, 0.15) is 38.9 Å². The van der Waals surface area contributed by atoms with Gasteiger partial charge in [0.05, 0.1) is 0 Å². The van der Waals surface area contributed by atoms with Crippen molar-refractivity contribution < 1.29 is 4.79 Å². The monoisotopic (exact) mass is 534 g/mol. The van der Waals surface area contributed by atoms with E-state index in [1.165, 1.54) is 25.9 Å². The van der Waals surface area contributed by atoms with Gasteiger partial charge in [-0.3, -0.25) is 4.79 Å². The van der Waals surface area contributed by atoms with Crippen LogP contribution in [0.4, 0.5) is 0 Å². The van der Waals surface area contributed by atoms with Crippen molar-refractivity contribution in [1.29, 1.82) is 0 Å². The number of aryl methyl sites for hydroxylation is 1. The Morgan fingerprint density at radius 3 is 2.60 bits per heavy atom. The molecule has 0 aliphatic carbocycles. The summed E-state index contributed by atoms with van der Waals surface area (Å²) in [4.78, 5) is 20.4. The summed E-state index contributed by atoms with van der Waals surface area (Å²) >= 11 is 0. The number of piperidine rings is 1. The minimum Gasteiger partial charge on any atom is -0.356 e. The number of aliphatic imine (C=N–C) groups is 1. The summed E-state index contributed by atoms with van der Waals surface area (Å²) < 4.78 is 2.03. The molecule has 30 heavy (non-hydrogen) atoms. The topological polar surface area (TPSA) is 90.7 Å². The fourth-order valence-corrected chi connectivity index (χ4v) is 3.29. The molecule has 0 unspecified atom stereocenters. The van der Waals surface area contributed by atoms with Crippen molar-refractivity contribution in [3.05, 3.63) is 12.2 Å². The van der Waals surface area contributed by atoms with E-state index in [0.717, 1.165) is 44.2 Å². The number of aromatic nitrogens is 3. The number of hydrogen-bond acceptors (Lipinski definition) is 5. The van der Waals surface area contributed by atoms with Crippen LogP contribution in [0.3, 0.4) is 0 Å². The van der Waals surface area contributed by atoms with Crippen LogP contribution >= 0.6 is 24.0 Å². The van der Waals surface area contributed by atoms with Crippen molar-refractivity contribution in [3.63, 3.8) is 0 Å². The third-order valence-corrected chi connectivity index (χ3v) is 5.35. The van der Waals surface area contributed by atoms with E-state index >= 15 is 0 Å². The Morgan fingerprint density at radius 1 is 1.23 bits per heavy atom. The van der Waals surface area contributed by atoms with Gasteiger partial charge in [-0.15, -0.1) is 34.2 Å². The van der Waals surface area contributed by atoms with Gasteiger partial charge in [-0.25, -0.2) is 4.99 Å². The number of nitrogens with one attached hydrogen (secondary N) is 2. The van der Waals surface area contributed by atoms with Gasteiger partial charge in [0, 0.05) is 40.2 Å². The second kappa shape index (κ2) is 14.6. The zero-order valence-corrected chi connectivity index (χ0v) is 21.3. The minimum absolute atomic E-state index is 0. The SMILES string of the molecule is CCc1nncn1CCNC(=NCC(=O)N(C)C)NCCCN1CCC(C)CC1.I. The molecule has 0 spiro atoms. The van der Waals surface area contributed by atoms with Gasteiger partial charge in [0.15, 0.2) is 5.96 Å². The zero-order valence-electron chi connectivity index (χ0n) is 18.9. The highest BCUT2D eigenvalue weighted by atomic mass is 127. The number of likely N-dealkylation sites (N-methyl/N-ethyl adjacent to an activating group) is 1. The van der Waals surface area contributed by atoms with Gasteiger partial charge >= 0.3 is 0 Å². The average molecular weight is 534 g/mol. The molecule has 1 saturated heterocycles. The first-order chi connectivity index (χ1) is 14.0. The summed E-state index contributed by atoms with van der Waals surface area (Å²) in [6.45, 7) is 10.3. The number of carbonyl (C=O) groups is 1. The Morgan fingerprint density at radius 2 is 1.93 bits per heavy atom. The Labute approximate surface area is 198 Å². The number of rotatable bonds is 10. The van der Waals surface area contributed by atoms with Crippen LogP contribution < -0.4 is 10.6 Å². The maximum absolute atomic E-state index is 11.9. The maximum Gasteiger partial charge on any atom is 0.243 e. The van der Waals surface area contributed by atoms with Gasteiger partial charge in [0.2, 0.25) is 5.91 Å². The summed E-state index contributed by atoms with van der Waals surface area (Å²) in [5.74, 6) is 2.50. The van der Waals surface area contributed by atoms with Crippen LogP contribution in [-0.2, 0) is 17.8 Å². The highest BCUT2D eigenvalue weighted by Crippen LogP contribution is 2.15. The predicted molar refractivity (Wildman–Crippen MR) is 131 cm³/mol. The van der Waals surface area contributed by atoms with Crippen LogP contribution in [0.5, 0.6) is 0 Å². The number of likely N-dealkylation sites (tertiary alicyclic amines) is 1. The molecule has 1 fully saturated rings. The van der Waals surface area contributed by atoms with Crippen molar-refractivity contribution in [2.45, 2.75) is 46.1 Å². The third kappa shape index (κ3) is 9.59. The van der Waals surface area contributed by atoms with Crippen molar-refractivity contribution in [2.75, 3.05) is 53.4 Å². The van der Waals surface area contributed by atoms with E-state index in [1.807, 2.05) is 4.57 Å². The highest BCUT2D eigenvalue weighted by Gasteiger charge is 2.14. The Bertz CT molecular complexity index is 641. The van der Waals surface area contributed by atoms with Crippen LogP contribution in [0.25, 0.3) is 0 Å². The molecular weight excluding hydrogens is 495 g/mol. The average Bonchev–Trinajstić information content (AvgIpc) is 3.17. The van der Waals surface area contributed by atoms with Gasteiger partial charge in [-0.05, 0) is 44.8 Å². The molecule has 0 radical (unpaired) electrons. The lowest BCUT2D eigenvalue weighted by atomic mass is 9.99. The molecule has 0 saturated carbocycles. The smallest absolute Gasteiger partial charge is 0.243 e. The molecule has 0 atom stereocenters. The van der Waals surface area contributed by atoms with Gasteiger partial charge < -0.3 is 25.0 Å². The van der Waals surface area contributed by atoms with Crippen LogP contribution in [0, 0.1) is 5.92 Å². The lowest BCUT2D eigenvalue weighted by Gasteiger charge is -2.30. The first-order valence-electron chi connectivity index (χ1n) is 10.8. The van der Waals surface area contributed by atoms with Crippen molar-refractivity contribution in [1.82, 2.24) is 35.2 Å². The fourth-order valence-electron chi connectivity index (χ4n) is 3.29. The first kappa shape index (κ1) is 26.6. The molecule has 1 aromatic rings. The van der Waals surface area contributed by atoms with E-state index in [2.05, 4.69) is 44.6 Å². The highest BCUT2D eigenvalue weighted by molar-refractivity contribution is 14.0. The molecule has 2 N–H and O–H groups in total. The lowest BCUT2D eigenvalue weighted by Crippen LogP contribution is -2.41. The summed E-state index contributed by atoms with van der Waals surface area (Å²) in [5, 5.41) is 14.8. The predicted octanol–water partition coefficient (Wildman–Crippen LogP) is 1.20. The Hall–Kier alpha value is -1.43. The quantitative estimate of drug-likeness (QED) is 0.203. The van der Waals surface area contributed by atoms with Crippen LogP contribution in [-0.4, -0.2) is 89.8 Å². The summed E-state index contributed by atoms with van der Waals surface area (Å²) in [6, 6.07) is 0. The lowest BCUT2D eigenvalue weighted by molar-refractivity contribution is -0.127. The van der Waals surface area contributed by atoms with Gasteiger partial charge in [0.1, 0.15) is 18.7 Å². The summed E-state index contributed by atoms with van der Waals surface area (Å²) in [6.07, 6.45) is 6.27. The van der Waals surface area contributed by atoms with E-state index < -0.39 is 0 Å². The van der Waals surface area contributed by atoms with E-state index in [9.17, 15) is 4.79 Å². The number of amides is 1. The Kier molecular flexibility index (Phi) is 12.9. The standard InChI is InChI=1S/C20H38N8O.HI/c1-5-18-25-24-16-28(18)14-10-22-20(23-15-19(29)26(3)4)21-9-6-11-27-12-7-17(2)8-13-27;/h16-17H,5-15H2,1-4H3,(H2,21,22,23);1H. The molecule has 1 aliphatic rings. The number of carbonyl (C=O) groups excluding carboxylic acids is 1. The minimum atomic E-state index is -0.0133. The van der Waals surface area contributed by atoms with Crippen LogP contribution in [0.15, 0.2) is 11.3 Å². The fraction of sp³-hybridized carbons (Fsp3) is 0.800. The van der Waals surface area contributed by atoms with E-state index in [-0.39, 0.29) is 36.4 Å². The largest absolute Gasteiger partial charge is 0.356 e. The molecule has 1 aromatic heterocycles. The van der Waals surface area contributed by atoms with Crippen molar-refractivity contribution in [2.24, 2.45) is 10.9 Å². The Balaban J connectivity index is 0.00000450. The molecule has 172 valence electrons. The molecule has 9 nitrogen and oxygen atoms in total. The molecule has 1 amide bonds. The number of nitrogens with zero attached hydrogens (tertiary/aromatic N) is 6. The molecule has 2 heterocycles. The molecule has 10 heteroatoms. The van der Waals surface area contributed by atoms with Gasteiger partial charge in [-0.1, -0.05) is 13.8 Å². The first-order valence-corrected chi connectivity index (χ1v) is 10.8. The van der Waals surface area contributed by atoms with E-state index in [0.29, 0.717) is 12.5 Å². The second-order valence-corrected chi connectivity index (χ2v) is 7.98. The van der Waals surface area contributed by atoms with E-state index in [4.69, 9.17) is 0 Å². The number of guanidine groups is 1. The number of hydrogen-bond donors (Lipinski definition) is 2. The van der Waals surface area contributed by atoms with E-state index in [1.54, 1.807) is 25.3 Å². The zero-order chi connectivity index (χ0) is 21.1. The molecule has 1 aliphatic heterocycles. The van der Waals surface area contributed by atoms with Gasteiger partial charge in [-0.2, -0.15) is 0 Å². The molecule has 2 rings (SSSR count). The molecule has 0 aromatic carbocycles. The molecule has 0 bridgehead atoms. The second-order valence-electron chi connectivity index (χ2n) is 7.98. The van der Waals surface area contributed by atoms with Crippen LogP contribution in [0.2, 0.25) is 0 Å². The van der Waals surface area contributed by atoms with Crippen molar-refractivity contribution >= 4 is 35.8 Å². The summed E-state index contributed by atoms with van der Waals surface area (Å²) in [5.41, 5.74) is 0. The molecular formula is C20H39IN8O. The van der Waals surface area contributed by atoms with Crippen molar-refractivity contribution in [3.8, 4) is 0 Å². The maximum atomic E-state index is 11.9.